The third-order valence-corrected chi connectivity index (χ3v) is 3.08. The molecular weight excluding hydrogens is 178 g/mol. The van der Waals surface area contributed by atoms with E-state index in [-0.39, 0.29) is 0 Å². The average molecular weight is 185 g/mol. The molecule has 0 unspecified atom stereocenters. The predicted octanol–water partition coefficient (Wildman–Crippen LogP) is 3.40. The van der Waals surface area contributed by atoms with Gasteiger partial charge in [-0.25, -0.2) is 0 Å². The van der Waals surface area contributed by atoms with Gasteiger partial charge in [-0.15, -0.1) is 11.3 Å². The van der Waals surface area contributed by atoms with Crippen LogP contribution in [0.3, 0.4) is 0 Å². The van der Waals surface area contributed by atoms with Crippen molar-refractivity contribution in [1.82, 2.24) is 4.98 Å². The molecule has 1 nitrogen and oxygen atoms in total. The molecule has 0 amide bonds. The standard InChI is InChI=1S/C11H7NS/c1-2-9-4-6-13-11(9)7-10-8(1)3-5-12-10/h1-7H. The molecule has 0 aromatic carbocycles. The fourth-order valence-electron chi connectivity index (χ4n) is 1.51. The molecule has 0 spiro atoms. The highest BCUT2D eigenvalue weighted by Gasteiger charge is 2.02. The van der Waals surface area contributed by atoms with Crippen molar-refractivity contribution in [1.29, 1.82) is 0 Å². The first-order chi connectivity index (χ1) is 6.43. The van der Waals surface area contributed by atoms with Crippen molar-refractivity contribution in [3.8, 4) is 11.3 Å². The highest BCUT2D eigenvalue weighted by atomic mass is 32.1. The zero-order valence-corrected chi connectivity index (χ0v) is 7.71. The molecule has 0 N–H and O–H groups in total. The molecule has 0 fully saturated rings. The largest absolute Gasteiger partial charge is 0.256 e. The Bertz CT molecular complexity index is 527. The lowest BCUT2D eigenvalue weighted by atomic mass is 10.2. The number of nitrogens with zero attached hydrogens (tertiary/aromatic N) is 1. The second-order valence-electron chi connectivity index (χ2n) is 3.00. The van der Waals surface area contributed by atoms with Crippen molar-refractivity contribution in [2.75, 3.05) is 0 Å². The normalized spacial score (nSPS) is 11.1. The molecule has 1 aromatic heterocycles. The number of aromatic nitrogens is 1. The second kappa shape index (κ2) is 2.54. The van der Waals surface area contributed by atoms with Crippen LogP contribution in [-0.4, -0.2) is 4.98 Å². The summed E-state index contributed by atoms with van der Waals surface area (Å²) < 4.78 is 1.30. The fourth-order valence-corrected chi connectivity index (χ4v) is 2.32. The quantitative estimate of drug-likeness (QED) is 0.523. The summed E-state index contributed by atoms with van der Waals surface area (Å²) in [7, 11) is 0. The Morgan fingerprint density at radius 3 is 3.08 bits per heavy atom. The predicted molar refractivity (Wildman–Crippen MR) is 56.2 cm³/mol. The topological polar surface area (TPSA) is 12.9 Å². The molecule has 62 valence electrons. The summed E-state index contributed by atoms with van der Waals surface area (Å²) in [4.78, 5) is 4.30. The SMILES string of the molecule is c1cc2ccc3ccsc3cc-2n1. The summed E-state index contributed by atoms with van der Waals surface area (Å²) in [6.45, 7) is 0. The molecule has 2 aliphatic rings. The molecule has 13 heavy (non-hydrogen) atoms. The first kappa shape index (κ1) is 7.04. The van der Waals surface area contributed by atoms with Crippen LogP contribution in [0.15, 0.2) is 41.9 Å². The third-order valence-electron chi connectivity index (χ3n) is 2.20. The van der Waals surface area contributed by atoms with E-state index < -0.39 is 0 Å². The zero-order valence-electron chi connectivity index (χ0n) is 6.90. The Kier molecular flexibility index (Phi) is 1.37. The van der Waals surface area contributed by atoms with Gasteiger partial charge in [0, 0.05) is 16.5 Å². The van der Waals surface area contributed by atoms with Gasteiger partial charge in [0.25, 0.3) is 0 Å². The molecule has 0 bridgehead atoms. The Morgan fingerprint density at radius 2 is 2.08 bits per heavy atom. The van der Waals surface area contributed by atoms with Gasteiger partial charge in [0.1, 0.15) is 0 Å². The maximum atomic E-state index is 4.30. The third kappa shape index (κ3) is 1.03. The monoisotopic (exact) mass is 185 g/mol. The van der Waals surface area contributed by atoms with Gasteiger partial charge in [0.2, 0.25) is 0 Å². The van der Waals surface area contributed by atoms with Crippen molar-refractivity contribution in [3.63, 3.8) is 0 Å². The van der Waals surface area contributed by atoms with Gasteiger partial charge >= 0.3 is 0 Å². The van der Waals surface area contributed by atoms with Crippen LogP contribution in [0.5, 0.6) is 0 Å². The maximum Gasteiger partial charge on any atom is 0.0716 e. The summed E-state index contributed by atoms with van der Waals surface area (Å²) in [6.07, 6.45) is 1.85. The van der Waals surface area contributed by atoms with E-state index in [2.05, 4.69) is 34.6 Å². The Hall–Kier alpha value is -1.41. The maximum absolute atomic E-state index is 4.30. The van der Waals surface area contributed by atoms with E-state index in [4.69, 9.17) is 0 Å². The van der Waals surface area contributed by atoms with Crippen molar-refractivity contribution in [3.05, 3.63) is 41.9 Å². The Labute approximate surface area is 80.0 Å². The number of thiophene rings is 1. The van der Waals surface area contributed by atoms with Crippen LogP contribution in [-0.2, 0) is 0 Å². The van der Waals surface area contributed by atoms with Crippen LogP contribution >= 0.6 is 11.3 Å². The lowest BCUT2D eigenvalue weighted by Gasteiger charge is -1.84. The molecule has 3 rings (SSSR count). The van der Waals surface area contributed by atoms with Crippen molar-refractivity contribution < 1.29 is 0 Å². The average Bonchev–Trinajstić information content (AvgIpc) is 2.72. The van der Waals surface area contributed by atoms with Crippen LogP contribution in [0, 0.1) is 0 Å². The highest BCUT2D eigenvalue weighted by Crippen LogP contribution is 2.26. The van der Waals surface area contributed by atoms with Crippen LogP contribution < -0.4 is 0 Å². The molecular formula is C11H7NS. The summed E-state index contributed by atoms with van der Waals surface area (Å²) >= 11 is 1.76. The number of rotatable bonds is 0. The summed E-state index contributed by atoms with van der Waals surface area (Å²) in [5.74, 6) is 0. The summed E-state index contributed by atoms with van der Waals surface area (Å²) in [5.41, 5.74) is 2.29. The number of hydrogen-bond donors (Lipinski definition) is 0. The molecule has 0 saturated carbocycles. The highest BCUT2D eigenvalue weighted by molar-refractivity contribution is 7.17. The molecule has 0 saturated heterocycles. The smallest absolute Gasteiger partial charge is 0.0716 e. The van der Waals surface area contributed by atoms with Crippen LogP contribution in [0.1, 0.15) is 0 Å². The van der Waals surface area contributed by atoms with Crippen molar-refractivity contribution >= 4 is 21.4 Å². The Balaban J connectivity index is 2.51. The Morgan fingerprint density at radius 1 is 1.08 bits per heavy atom. The van der Waals surface area contributed by atoms with E-state index in [1.54, 1.807) is 11.3 Å². The minimum atomic E-state index is 1.08. The zero-order chi connectivity index (χ0) is 8.67. The van der Waals surface area contributed by atoms with Gasteiger partial charge < -0.3 is 0 Å². The molecule has 1 aliphatic carbocycles. The summed E-state index contributed by atoms with van der Waals surface area (Å²) in [6, 6.07) is 10.6. The molecule has 2 heteroatoms. The van der Waals surface area contributed by atoms with E-state index >= 15 is 0 Å². The first-order valence-electron chi connectivity index (χ1n) is 4.15. The molecule has 1 aliphatic heterocycles. The molecule has 2 heterocycles. The molecule has 0 radical (unpaired) electrons. The minimum Gasteiger partial charge on any atom is -0.256 e. The van der Waals surface area contributed by atoms with Crippen LogP contribution in [0.2, 0.25) is 0 Å². The fraction of sp³-hybridized carbons (Fsp3) is 0. The van der Waals surface area contributed by atoms with Crippen molar-refractivity contribution in [2.24, 2.45) is 0 Å². The second-order valence-corrected chi connectivity index (χ2v) is 3.95. The lowest BCUT2D eigenvalue weighted by Crippen LogP contribution is -1.65. The van der Waals surface area contributed by atoms with Gasteiger partial charge in [0.05, 0.1) is 5.69 Å². The minimum absolute atomic E-state index is 1.08. The molecule has 1 aromatic rings. The van der Waals surface area contributed by atoms with E-state index in [1.807, 2.05) is 12.3 Å². The summed E-state index contributed by atoms with van der Waals surface area (Å²) in [5, 5.41) is 3.40. The number of hydrogen-bond acceptors (Lipinski definition) is 2. The van der Waals surface area contributed by atoms with Gasteiger partial charge in [-0.3, -0.25) is 4.98 Å². The lowest BCUT2D eigenvalue weighted by molar-refractivity contribution is 1.42. The van der Waals surface area contributed by atoms with E-state index in [0.717, 1.165) is 5.69 Å². The van der Waals surface area contributed by atoms with Crippen molar-refractivity contribution in [2.45, 2.75) is 0 Å². The molecule has 0 atom stereocenters. The first-order valence-corrected chi connectivity index (χ1v) is 5.03. The van der Waals surface area contributed by atoms with Crippen LogP contribution in [0.4, 0.5) is 0 Å². The van der Waals surface area contributed by atoms with Gasteiger partial charge in [-0.2, -0.15) is 0 Å². The van der Waals surface area contributed by atoms with E-state index in [0.29, 0.717) is 0 Å². The van der Waals surface area contributed by atoms with E-state index in [1.165, 1.54) is 15.6 Å². The van der Waals surface area contributed by atoms with Gasteiger partial charge in [-0.1, -0.05) is 12.1 Å². The van der Waals surface area contributed by atoms with Crippen LogP contribution in [0.25, 0.3) is 21.3 Å². The van der Waals surface area contributed by atoms with E-state index in [9.17, 15) is 0 Å². The number of fused-ring (bicyclic) bond motifs is 2. The van der Waals surface area contributed by atoms with Gasteiger partial charge in [0.15, 0.2) is 0 Å². The van der Waals surface area contributed by atoms with Gasteiger partial charge in [-0.05, 0) is 29.0 Å².